The predicted molar refractivity (Wildman–Crippen MR) is 73.5 cm³/mol. The largest absolute Gasteiger partial charge is 0.737 e. The Kier molecular flexibility index (Phi) is 2.31. The van der Waals surface area contributed by atoms with Gasteiger partial charge >= 0.3 is 6.97 Å². The van der Waals surface area contributed by atoms with Gasteiger partial charge in [-0.2, -0.15) is 0 Å². The minimum Gasteiger partial charge on any atom is -0.396 e. The Hall–Kier alpha value is -2.57. The lowest BCUT2D eigenvalue weighted by molar-refractivity contribution is -0.356. The van der Waals surface area contributed by atoms with Crippen LogP contribution in [0.3, 0.4) is 0 Å². The van der Waals surface area contributed by atoms with Crippen molar-refractivity contribution in [1.29, 1.82) is 0 Å². The van der Waals surface area contributed by atoms with Gasteiger partial charge < -0.3 is 17.6 Å². The van der Waals surface area contributed by atoms with Crippen LogP contribution in [0.25, 0.3) is 5.57 Å². The molecule has 2 aliphatic heterocycles. The second kappa shape index (κ2) is 3.97. The topological polar surface area (TPSA) is 20.8 Å². The van der Waals surface area contributed by atoms with Crippen molar-refractivity contribution in [2.75, 3.05) is 0 Å². The number of rotatable bonds is 1. The summed E-state index contributed by atoms with van der Waals surface area (Å²) in [4.78, 5) is 4.03. The van der Waals surface area contributed by atoms with Gasteiger partial charge in [-0.25, -0.2) is 4.39 Å². The predicted octanol–water partition coefficient (Wildman–Crippen LogP) is 2.67. The van der Waals surface area contributed by atoms with Crippen LogP contribution in [-0.4, -0.2) is 27.1 Å². The Morgan fingerprint density at radius 1 is 1.19 bits per heavy atom. The zero-order valence-corrected chi connectivity index (χ0v) is 10.7. The molecule has 7 heteroatoms. The van der Waals surface area contributed by atoms with Crippen LogP contribution in [0.15, 0.2) is 54.5 Å². The summed E-state index contributed by atoms with van der Waals surface area (Å²) in [5, 5.41) is 0. The first-order valence-electron chi connectivity index (χ1n) is 6.45. The zero-order valence-electron chi connectivity index (χ0n) is 10.7. The van der Waals surface area contributed by atoms with Crippen molar-refractivity contribution in [3.63, 3.8) is 0 Å². The summed E-state index contributed by atoms with van der Waals surface area (Å²) in [5.74, 6) is -0.463. The maximum Gasteiger partial charge on any atom is 0.737 e. The number of hydrogen-bond donors (Lipinski definition) is 0. The van der Waals surface area contributed by atoms with E-state index in [1.54, 1.807) is 24.3 Å². The highest BCUT2D eigenvalue weighted by Gasteiger charge is 2.51. The van der Waals surface area contributed by atoms with Crippen LogP contribution in [0.4, 0.5) is 13.0 Å². The van der Waals surface area contributed by atoms with Crippen molar-refractivity contribution < 1.29 is 17.5 Å². The zero-order chi connectivity index (χ0) is 14.6. The van der Waals surface area contributed by atoms with E-state index in [1.165, 1.54) is 24.5 Å². The number of pyridine rings is 1. The third kappa shape index (κ3) is 1.57. The van der Waals surface area contributed by atoms with Crippen LogP contribution in [0.2, 0.25) is 0 Å². The lowest BCUT2D eigenvalue weighted by atomic mass is 9.88. The molecular formula is C14H9BF3N3. The Morgan fingerprint density at radius 2 is 2.05 bits per heavy atom. The molecule has 0 saturated heterocycles. The van der Waals surface area contributed by atoms with E-state index in [2.05, 4.69) is 4.98 Å². The van der Waals surface area contributed by atoms with Crippen LogP contribution in [0.1, 0.15) is 11.4 Å². The lowest BCUT2D eigenvalue weighted by Crippen LogP contribution is -2.49. The fourth-order valence-electron chi connectivity index (χ4n) is 2.80. The van der Waals surface area contributed by atoms with Gasteiger partial charge in [0, 0.05) is 17.8 Å². The van der Waals surface area contributed by atoms with E-state index >= 15 is 0 Å². The molecule has 0 spiro atoms. The summed E-state index contributed by atoms with van der Waals surface area (Å²) in [7, 11) is 0. The highest BCUT2D eigenvalue weighted by Crippen LogP contribution is 2.37. The molecule has 0 saturated carbocycles. The number of hydrogen-bond acceptors (Lipinski definition) is 1. The molecule has 0 fully saturated rings. The first-order chi connectivity index (χ1) is 10.1. The van der Waals surface area contributed by atoms with Gasteiger partial charge in [0.1, 0.15) is 12.0 Å². The molecule has 0 aromatic carbocycles. The highest BCUT2D eigenvalue weighted by molar-refractivity contribution is 6.57. The van der Waals surface area contributed by atoms with Crippen LogP contribution in [-0.2, 0) is 0 Å². The van der Waals surface area contributed by atoms with Crippen molar-refractivity contribution in [3.8, 4) is 0 Å². The molecule has 4 heterocycles. The monoisotopic (exact) mass is 287 g/mol. The highest BCUT2D eigenvalue weighted by atomic mass is 19.2. The molecule has 0 radical (unpaired) electrons. The molecule has 2 aliphatic rings. The number of aromatic nitrogens is 2. The van der Waals surface area contributed by atoms with Gasteiger partial charge in [0.05, 0.1) is 17.5 Å². The smallest absolute Gasteiger partial charge is 0.396 e. The first kappa shape index (κ1) is 12.2. The number of nitrogens with zero attached hydrogens (tertiary/aromatic N) is 3. The molecule has 21 heavy (non-hydrogen) atoms. The van der Waals surface area contributed by atoms with E-state index in [-0.39, 0.29) is 0 Å². The van der Waals surface area contributed by atoms with Gasteiger partial charge in [0.15, 0.2) is 5.70 Å². The molecule has 104 valence electrons. The molecule has 4 rings (SSSR count). The Balaban J connectivity index is 2.04. The second-order valence-electron chi connectivity index (χ2n) is 4.93. The molecule has 2 aromatic rings. The van der Waals surface area contributed by atoms with Crippen molar-refractivity contribution in [1.82, 2.24) is 9.46 Å². The quantitative estimate of drug-likeness (QED) is 0.739. The maximum absolute atomic E-state index is 14.5. The Morgan fingerprint density at radius 3 is 2.81 bits per heavy atom. The van der Waals surface area contributed by atoms with Crippen LogP contribution in [0.5, 0.6) is 0 Å². The number of fused-ring (bicyclic) bond motifs is 2. The molecule has 0 atom stereocenters. The average Bonchev–Trinajstić information content (AvgIpc) is 3.10. The number of halogens is 3. The molecular weight excluding hydrogens is 278 g/mol. The second-order valence-corrected chi connectivity index (χ2v) is 4.93. The van der Waals surface area contributed by atoms with E-state index < -0.39 is 12.8 Å². The number of allylic oxidation sites excluding steroid dienone is 2. The van der Waals surface area contributed by atoms with Crippen molar-refractivity contribution in [3.05, 3.63) is 71.7 Å². The lowest BCUT2D eigenvalue weighted by Gasteiger charge is -2.30. The summed E-state index contributed by atoms with van der Waals surface area (Å²) in [6.45, 7) is -3.91. The third-order valence-corrected chi connectivity index (χ3v) is 3.72. The molecule has 2 aromatic heterocycles. The SMILES string of the molecule is Fc1ccc(C2=C3C=CC=[N+]3[B-](F)(F)n3cccc32)nc1. The normalized spacial score (nSPS) is 18.5. The first-order valence-corrected chi connectivity index (χ1v) is 6.45. The van der Waals surface area contributed by atoms with E-state index in [0.717, 1.165) is 15.2 Å². The molecule has 0 N–H and O–H groups in total. The summed E-state index contributed by atoms with van der Waals surface area (Å²) in [6, 6.07) is 5.96. The fraction of sp³-hybridized carbons (Fsp3) is 0. The molecule has 0 aliphatic carbocycles. The summed E-state index contributed by atoms with van der Waals surface area (Å²) in [5.41, 5.74) is 1.79. The summed E-state index contributed by atoms with van der Waals surface area (Å²) >= 11 is 0. The van der Waals surface area contributed by atoms with E-state index in [1.807, 2.05) is 0 Å². The van der Waals surface area contributed by atoms with Gasteiger partial charge in [-0.1, -0.05) is 0 Å². The van der Waals surface area contributed by atoms with E-state index in [9.17, 15) is 13.0 Å². The van der Waals surface area contributed by atoms with Gasteiger partial charge in [-0.3, -0.25) is 4.98 Å². The van der Waals surface area contributed by atoms with Gasteiger partial charge in [-0.05, 0) is 30.5 Å². The molecule has 0 unspecified atom stereocenters. The van der Waals surface area contributed by atoms with Crippen LogP contribution >= 0.6 is 0 Å². The molecule has 0 bridgehead atoms. The van der Waals surface area contributed by atoms with Crippen molar-refractivity contribution in [2.45, 2.75) is 0 Å². The fourth-order valence-corrected chi connectivity index (χ4v) is 2.80. The Labute approximate surface area is 118 Å². The minimum atomic E-state index is -3.91. The van der Waals surface area contributed by atoms with E-state index in [0.29, 0.717) is 22.7 Å². The molecule has 0 amide bonds. The van der Waals surface area contributed by atoms with Crippen LogP contribution < -0.4 is 0 Å². The summed E-state index contributed by atoms with van der Waals surface area (Å²) in [6.07, 6.45) is 6.97. The maximum atomic E-state index is 14.5. The van der Waals surface area contributed by atoms with Crippen LogP contribution in [0, 0.1) is 5.82 Å². The average molecular weight is 287 g/mol. The molecule has 3 nitrogen and oxygen atoms in total. The van der Waals surface area contributed by atoms with Gasteiger partial charge in [0.2, 0.25) is 0 Å². The van der Waals surface area contributed by atoms with Gasteiger partial charge in [-0.15, -0.1) is 0 Å². The minimum absolute atomic E-state index is 0.380. The third-order valence-electron chi connectivity index (χ3n) is 3.72. The summed E-state index contributed by atoms with van der Waals surface area (Å²) < 4.78 is 44.0. The standard InChI is InChI=1S/C14H9BF3N3/c16-10-5-6-11(19-9-10)14-12-3-1-7-20(12)15(17,18)21-8-2-4-13(14)21/h1-9H. The van der Waals surface area contributed by atoms with Crippen molar-refractivity contribution >= 4 is 18.8 Å². The Bertz CT molecular complexity index is 831. The van der Waals surface area contributed by atoms with Crippen molar-refractivity contribution in [2.24, 2.45) is 0 Å². The van der Waals surface area contributed by atoms with E-state index in [4.69, 9.17) is 0 Å². The van der Waals surface area contributed by atoms with Gasteiger partial charge in [0.25, 0.3) is 0 Å².